The third-order valence-electron chi connectivity index (χ3n) is 1.30. The minimum atomic E-state index is 0.292. The van der Waals surface area contributed by atoms with E-state index in [1.165, 1.54) is 0 Å². The highest BCUT2D eigenvalue weighted by atomic mass is 15.2. The van der Waals surface area contributed by atoms with Gasteiger partial charge in [-0.2, -0.15) is 10.4 Å². The van der Waals surface area contributed by atoms with Crippen LogP contribution in [0.15, 0.2) is 0 Å². The van der Waals surface area contributed by atoms with Crippen molar-refractivity contribution in [3.8, 4) is 6.07 Å². The highest BCUT2D eigenvalue weighted by molar-refractivity contribution is 4.96. The molecule has 4 heteroatoms. The number of rotatable bonds is 3. The van der Waals surface area contributed by atoms with E-state index in [9.17, 15) is 0 Å². The standard InChI is InChI=1S/C7H10N4/c1-2-3-6-9-7(4-5-8)11-10-6/h2-4H2,1H3,(H,9,10,11). The zero-order chi connectivity index (χ0) is 8.10. The minimum absolute atomic E-state index is 0.292. The number of nitriles is 1. The fourth-order valence-electron chi connectivity index (χ4n) is 0.833. The van der Waals surface area contributed by atoms with E-state index in [1.54, 1.807) is 0 Å². The van der Waals surface area contributed by atoms with Crippen molar-refractivity contribution >= 4 is 0 Å². The van der Waals surface area contributed by atoms with Crippen LogP contribution in [-0.4, -0.2) is 15.2 Å². The molecule has 11 heavy (non-hydrogen) atoms. The van der Waals surface area contributed by atoms with Gasteiger partial charge in [0.25, 0.3) is 0 Å². The molecule has 1 heterocycles. The zero-order valence-electron chi connectivity index (χ0n) is 6.46. The van der Waals surface area contributed by atoms with Crippen molar-refractivity contribution < 1.29 is 0 Å². The van der Waals surface area contributed by atoms with Crippen LogP contribution in [0.1, 0.15) is 25.0 Å². The van der Waals surface area contributed by atoms with Crippen LogP contribution in [0.5, 0.6) is 0 Å². The van der Waals surface area contributed by atoms with Gasteiger partial charge in [0.15, 0.2) is 5.82 Å². The van der Waals surface area contributed by atoms with Crippen molar-refractivity contribution in [3.05, 3.63) is 11.6 Å². The summed E-state index contributed by atoms with van der Waals surface area (Å²) >= 11 is 0. The molecule has 0 radical (unpaired) electrons. The maximum absolute atomic E-state index is 8.31. The lowest BCUT2D eigenvalue weighted by Gasteiger charge is -1.85. The van der Waals surface area contributed by atoms with Gasteiger partial charge in [-0.05, 0) is 6.42 Å². The summed E-state index contributed by atoms with van der Waals surface area (Å²) in [4.78, 5) is 4.10. The maximum atomic E-state index is 8.31. The Morgan fingerprint density at radius 3 is 3.09 bits per heavy atom. The topological polar surface area (TPSA) is 65.4 Å². The van der Waals surface area contributed by atoms with Crippen molar-refractivity contribution in [3.63, 3.8) is 0 Å². The SMILES string of the molecule is CCCc1nc(CC#N)n[nH]1. The van der Waals surface area contributed by atoms with Gasteiger partial charge in [0, 0.05) is 6.42 Å². The first-order valence-corrected chi connectivity index (χ1v) is 3.64. The van der Waals surface area contributed by atoms with Crippen molar-refractivity contribution in [1.29, 1.82) is 5.26 Å². The number of aromatic amines is 1. The van der Waals surface area contributed by atoms with Crippen LogP contribution in [0.25, 0.3) is 0 Å². The van der Waals surface area contributed by atoms with E-state index < -0.39 is 0 Å². The molecule has 4 nitrogen and oxygen atoms in total. The van der Waals surface area contributed by atoms with Gasteiger partial charge >= 0.3 is 0 Å². The number of nitrogens with zero attached hydrogens (tertiary/aromatic N) is 3. The quantitative estimate of drug-likeness (QED) is 0.693. The highest BCUT2D eigenvalue weighted by Gasteiger charge is 1.99. The van der Waals surface area contributed by atoms with Crippen molar-refractivity contribution in [2.75, 3.05) is 0 Å². The smallest absolute Gasteiger partial charge is 0.164 e. The summed E-state index contributed by atoms with van der Waals surface area (Å²) in [5.41, 5.74) is 0. The summed E-state index contributed by atoms with van der Waals surface area (Å²) in [6, 6.07) is 1.99. The molecule has 0 amide bonds. The summed E-state index contributed by atoms with van der Waals surface area (Å²) in [6.45, 7) is 2.08. The van der Waals surface area contributed by atoms with E-state index in [0.29, 0.717) is 12.2 Å². The molecule has 0 atom stereocenters. The summed E-state index contributed by atoms with van der Waals surface area (Å²) in [7, 11) is 0. The molecule has 1 rings (SSSR count). The van der Waals surface area contributed by atoms with Gasteiger partial charge in [0.2, 0.25) is 0 Å². The summed E-state index contributed by atoms with van der Waals surface area (Å²) in [6.07, 6.45) is 2.24. The van der Waals surface area contributed by atoms with Crippen molar-refractivity contribution in [2.24, 2.45) is 0 Å². The van der Waals surface area contributed by atoms with E-state index in [0.717, 1.165) is 18.7 Å². The van der Waals surface area contributed by atoms with Crippen molar-refractivity contribution in [2.45, 2.75) is 26.2 Å². The predicted molar refractivity (Wildman–Crippen MR) is 39.7 cm³/mol. The molecule has 58 valence electrons. The number of aryl methyl sites for hydroxylation is 1. The second-order valence-corrected chi connectivity index (χ2v) is 2.28. The molecule has 0 aliphatic rings. The van der Waals surface area contributed by atoms with E-state index in [4.69, 9.17) is 5.26 Å². The van der Waals surface area contributed by atoms with Gasteiger partial charge in [-0.1, -0.05) is 6.92 Å². The Bertz CT molecular complexity index is 258. The van der Waals surface area contributed by atoms with Gasteiger partial charge in [-0.3, -0.25) is 5.10 Å². The summed E-state index contributed by atoms with van der Waals surface area (Å²) in [5.74, 6) is 1.47. The average Bonchev–Trinajstić information content (AvgIpc) is 2.38. The van der Waals surface area contributed by atoms with Crippen LogP contribution in [-0.2, 0) is 12.8 Å². The number of hydrogen-bond donors (Lipinski definition) is 1. The first-order chi connectivity index (χ1) is 5.36. The largest absolute Gasteiger partial charge is 0.263 e. The second kappa shape index (κ2) is 3.71. The zero-order valence-corrected chi connectivity index (χ0v) is 6.46. The molecule has 0 aromatic carbocycles. The molecule has 0 unspecified atom stereocenters. The van der Waals surface area contributed by atoms with Gasteiger partial charge < -0.3 is 0 Å². The number of nitrogens with one attached hydrogen (secondary N) is 1. The normalized spacial score (nSPS) is 9.45. The van der Waals surface area contributed by atoms with E-state index in [1.807, 2.05) is 6.07 Å². The van der Waals surface area contributed by atoms with Gasteiger partial charge in [-0.15, -0.1) is 0 Å². The lowest BCUT2D eigenvalue weighted by atomic mass is 10.3. The van der Waals surface area contributed by atoms with Crippen LogP contribution in [0.4, 0.5) is 0 Å². The number of H-pyrrole nitrogens is 1. The highest BCUT2D eigenvalue weighted by Crippen LogP contribution is 1.96. The first kappa shape index (κ1) is 7.73. The van der Waals surface area contributed by atoms with Gasteiger partial charge in [-0.25, -0.2) is 4.98 Å². The Labute approximate surface area is 65.3 Å². The Hall–Kier alpha value is -1.37. The maximum Gasteiger partial charge on any atom is 0.164 e. The average molecular weight is 150 g/mol. The van der Waals surface area contributed by atoms with Crippen LogP contribution >= 0.6 is 0 Å². The molecule has 0 saturated carbocycles. The van der Waals surface area contributed by atoms with Crippen LogP contribution < -0.4 is 0 Å². The van der Waals surface area contributed by atoms with E-state index >= 15 is 0 Å². The van der Waals surface area contributed by atoms with Crippen LogP contribution in [0.3, 0.4) is 0 Å². The molecular formula is C7H10N4. The van der Waals surface area contributed by atoms with Crippen molar-refractivity contribution in [1.82, 2.24) is 15.2 Å². The monoisotopic (exact) mass is 150 g/mol. The molecular weight excluding hydrogens is 140 g/mol. The molecule has 0 bridgehead atoms. The fraction of sp³-hybridized carbons (Fsp3) is 0.571. The Morgan fingerprint density at radius 1 is 1.64 bits per heavy atom. The molecule has 1 N–H and O–H groups in total. The molecule has 0 fully saturated rings. The van der Waals surface area contributed by atoms with Crippen LogP contribution in [0.2, 0.25) is 0 Å². The minimum Gasteiger partial charge on any atom is -0.263 e. The molecule has 0 saturated heterocycles. The van der Waals surface area contributed by atoms with E-state index in [2.05, 4.69) is 22.1 Å². The Kier molecular flexibility index (Phi) is 2.61. The molecule has 0 aliphatic carbocycles. The number of aromatic nitrogens is 3. The Morgan fingerprint density at radius 2 is 2.45 bits per heavy atom. The van der Waals surface area contributed by atoms with Gasteiger partial charge in [0.05, 0.1) is 12.5 Å². The second-order valence-electron chi connectivity index (χ2n) is 2.28. The molecule has 0 spiro atoms. The summed E-state index contributed by atoms with van der Waals surface area (Å²) in [5, 5.41) is 15.0. The fourth-order valence-corrected chi connectivity index (χ4v) is 0.833. The molecule has 1 aromatic rings. The number of hydrogen-bond acceptors (Lipinski definition) is 3. The lowest BCUT2D eigenvalue weighted by Crippen LogP contribution is -1.86. The van der Waals surface area contributed by atoms with Crippen LogP contribution in [0, 0.1) is 11.3 Å². The molecule has 0 aliphatic heterocycles. The predicted octanol–water partition coefficient (Wildman–Crippen LogP) is 0.823. The summed E-state index contributed by atoms with van der Waals surface area (Å²) < 4.78 is 0. The Balaban J connectivity index is 2.60. The lowest BCUT2D eigenvalue weighted by molar-refractivity contribution is 0.841. The molecule has 1 aromatic heterocycles. The van der Waals surface area contributed by atoms with Gasteiger partial charge in [0.1, 0.15) is 5.82 Å². The van der Waals surface area contributed by atoms with E-state index in [-0.39, 0.29) is 0 Å². The third-order valence-corrected chi connectivity index (χ3v) is 1.30. The third kappa shape index (κ3) is 2.04. The first-order valence-electron chi connectivity index (χ1n) is 3.64.